The minimum atomic E-state index is 1.08. The molecule has 1 aliphatic rings. The molecule has 0 spiro atoms. The zero-order valence-electron chi connectivity index (χ0n) is 17.5. The maximum absolute atomic E-state index is 2.47. The molecule has 0 N–H and O–H groups in total. The van der Waals surface area contributed by atoms with Crippen molar-refractivity contribution >= 4 is 5.57 Å². The van der Waals surface area contributed by atoms with Crippen LogP contribution in [0.4, 0.5) is 0 Å². The van der Waals surface area contributed by atoms with Gasteiger partial charge in [-0.05, 0) is 79.1 Å². The van der Waals surface area contributed by atoms with E-state index >= 15 is 0 Å². The molecule has 0 saturated heterocycles. The van der Waals surface area contributed by atoms with Crippen molar-refractivity contribution in [2.75, 3.05) is 20.1 Å². The minimum absolute atomic E-state index is 1.08. The first-order valence-corrected chi connectivity index (χ1v) is 10.9. The first-order valence-electron chi connectivity index (χ1n) is 10.9. The lowest BCUT2D eigenvalue weighted by molar-refractivity contribution is 0.336. The number of rotatable bonds is 7. The molecule has 0 heterocycles. The summed E-state index contributed by atoms with van der Waals surface area (Å²) in [6.07, 6.45) is 8.18. The first-order chi connectivity index (χ1) is 14.3. The van der Waals surface area contributed by atoms with Crippen molar-refractivity contribution in [2.45, 2.75) is 32.1 Å². The van der Waals surface area contributed by atoms with Gasteiger partial charge in [0, 0.05) is 6.54 Å². The van der Waals surface area contributed by atoms with Crippen molar-refractivity contribution in [1.29, 1.82) is 0 Å². The molecular weight excluding hydrogens is 350 g/mol. The highest BCUT2D eigenvalue weighted by molar-refractivity contribution is 5.83. The van der Waals surface area contributed by atoms with Gasteiger partial charge in [-0.15, -0.1) is 0 Å². The van der Waals surface area contributed by atoms with Gasteiger partial charge in [-0.25, -0.2) is 0 Å². The summed E-state index contributed by atoms with van der Waals surface area (Å²) in [5.74, 6) is 0. The molecule has 0 unspecified atom stereocenters. The lowest BCUT2D eigenvalue weighted by Crippen LogP contribution is -2.21. The van der Waals surface area contributed by atoms with Gasteiger partial charge in [-0.3, -0.25) is 0 Å². The summed E-state index contributed by atoms with van der Waals surface area (Å²) in [5.41, 5.74) is 8.66. The quantitative estimate of drug-likeness (QED) is 0.473. The fourth-order valence-corrected chi connectivity index (χ4v) is 4.38. The minimum Gasteiger partial charge on any atom is -0.306 e. The van der Waals surface area contributed by atoms with Crippen LogP contribution in [-0.2, 0) is 19.3 Å². The standard InChI is InChI=1S/C28H31N/c1-29(21-9-13-23-11-3-2-4-12-23)22-10-18-28-26-16-7-5-14-24(26)19-20-25-15-6-8-17-27(25)28/h2-8,11-12,14-18H,9-10,13,19-22H2,1H3. The molecular formula is C28H31N. The average Bonchev–Trinajstić information content (AvgIpc) is 2.92. The molecule has 0 atom stereocenters. The molecule has 0 radical (unpaired) electrons. The van der Waals surface area contributed by atoms with E-state index in [4.69, 9.17) is 0 Å². The Bertz CT molecular complexity index is 905. The molecule has 0 bridgehead atoms. The Balaban J connectivity index is 1.41. The topological polar surface area (TPSA) is 3.24 Å². The first kappa shape index (κ1) is 19.7. The van der Waals surface area contributed by atoms with Crippen LogP contribution in [0.15, 0.2) is 84.9 Å². The highest BCUT2D eigenvalue weighted by Crippen LogP contribution is 2.33. The van der Waals surface area contributed by atoms with Crippen LogP contribution in [0.1, 0.15) is 40.7 Å². The highest BCUT2D eigenvalue weighted by atomic mass is 15.1. The Kier molecular flexibility index (Phi) is 6.59. The zero-order chi connectivity index (χ0) is 19.9. The van der Waals surface area contributed by atoms with Crippen LogP contribution in [0, 0.1) is 0 Å². The Morgan fingerprint density at radius 3 is 1.97 bits per heavy atom. The number of hydrogen-bond acceptors (Lipinski definition) is 1. The number of benzene rings is 3. The molecule has 0 aliphatic heterocycles. The van der Waals surface area contributed by atoms with Gasteiger partial charge >= 0.3 is 0 Å². The van der Waals surface area contributed by atoms with Crippen LogP contribution in [0.3, 0.4) is 0 Å². The second kappa shape index (κ2) is 9.71. The van der Waals surface area contributed by atoms with Crippen molar-refractivity contribution in [3.63, 3.8) is 0 Å². The number of hydrogen-bond donors (Lipinski definition) is 0. The molecule has 4 rings (SSSR count). The van der Waals surface area contributed by atoms with E-state index in [9.17, 15) is 0 Å². The molecule has 3 aromatic carbocycles. The monoisotopic (exact) mass is 381 g/mol. The largest absolute Gasteiger partial charge is 0.306 e. The average molecular weight is 382 g/mol. The second-order valence-electron chi connectivity index (χ2n) is 8.11. The van der Waals surface area contributed by atoms with E-state index in [-0.39, 0.29) is 0 Å². The van der Waals surface area contributed by atoms with Gasteiger partial charge in [0.2, 0.25) is 0 Å². The fourth-order valence-electron chi connectivity index (χ4n) is 4.38. The second-order valence-corrected chi connectivity index (χ2v) is 8.11. The van der Waals surface area contributed by atoms with E-state index in [1.165, 1.54) is 39.8 Å². The van der Waals surface area contributed by atoms with Gasteiger partial charge in [0.25, 0.3) is 0 Å². The van der Waals surface area contributed by atoms with Gasteiger partial charge in [0.15, 0.2) is 0 Å². The molecule has 1 aliphatic carbocycles. The smallest absolute Gasteiger partial charge is 0.00132 e. The SMILES string of the molecule is CN(CCC=C1c2ccccc2CCc2ccccc21)CCCc1ccccc1. The fraction of sp³-hybridized carbons (Fsp3) is 0.286. The van der Waals surface area contributed by atoms with E-state index in [1.807, 2.05) is 0 Å². The van der Waals surface area contributed by atoms with E-state index in [0.29, 0.717) is 0 Å². The van der Waals surface area contributed by atoms with Crippen LogP contribution >= 0.6 is 0 Å². The molecule has 29 heavy (non-hydrogen) atoms. The third-order valence-corrected chi connectivity index (χ3v) is 5.99. The third kappa shape index (κ3) is 5.05. The molecule has 0 fully saturated rings. The Morgan fingerprint density at radius 2 is 1.31 bits per heavy atom. The van der Waals surface area contributed by atoms with Crippen molar-refractivity contribution in [3.8, 4) is 0 Å². The van der Waals surface area contributed by atoms with Crippen LogP contribution in [-0.4, -0.2) is 25.0 Å². The maximum atomic E-state index is 2.47. The Hall–Kier alpha value is -2.64. The van der Waals surface area contributed by atoms with Gasteiger partial charge in [0.05, 0.1) is 0 Å². The molecule has 0 aromatic heterocycles. The highest BCUT2D eigenvalue weighted by Gasteiger charge is 2.17. The zero-order valence-corrected chi connectivity index (χ0v) is 17.5. The third-order valence-electron chi connectivity index (χ3n) is 5.99. The maximum Gasteiger partial charge on any atom is 0.00132 e. The van der Waals surface area contributed by atoms with E-state index < -0.39 is 0 Å². The summed E-state index contributed by atoms with van der Waals surface area (Å²) in [7, 11) is 2.25. The van der Waals surface area contributed by atoms with Crippen molar-refractivity contribution in [3.05, 3.63) is 113 Å². The molecule has 0 saturated carbocycles. The van der Waals surface area contributed by atoms with Crippen molar-refractivity contribution in [1.82, 2.24) is 4.90 Å². The van der Waals surface area contributed by atoms with Crippen LogP contribution in [0.5, 0.6) is 0 Å². The van der Waals surface area contributed by atoms with Gasteiger partial charge in [-0.1, -0.05) is 84.9 Å². The molecule has 148 valence electrons. The predicted octanol–water partition coefficient (Wildman–Crippen LogP) is 6.17. The molecule has 1 nitrogen and oxygen atoms in total. The molecule has 0 amide bonds. The Labute approximate surface area is 175 Å². The molecule has 3 aromatic rings. The number of fused-ring (bicyclic) bond motifs is 2. The van der Waals surface area contributed by atoms with Gasteiger partial charge < -0.3 is 4.90 Å². The number of aryl methyl sites for hydroxylation is 3. The van der Waals surface area contributed by atoms with Crippen molar-refractivity contribution < 1.29 is 0 Å². The summed E-state index contributed by atoms with van der Waals surface area (Å²) in [6, 6.07) is 28.7. The number of nitrogens with zero attached hydrogens (tertiary/aromatic N) is 1. The van der Waals surface area contributed by atoms with Crippen LogP contribution < -0.4 is 0 Å². The van der Waals surface area contributed by atoms with E-state index in [1.54, 1.807) is 0 Å². The van der Waals surface area contributed by atoms with Crippen LogP contribution in [0.25, 0.3) is 5.57 Å². The summed E-state index contributed by atoms with van der Waals surface area (Å²) in [6.45, 7) is 2.24. The lowest BCUT2D eigenvalue weighted by Gasteiger charge is -2.17. The van der Waals surface area contributed by atoms with Gasteiger partial charge in [0.1, 0.15) is 0 Å². The molecule has 1 heteroatoms. The van der Waals surface area contributed by atoms with Gasteiger partial charge in [-0.2, -0.15) is 0 Å². The summed E-state index contributed by atoms with van der Waals surface area (Å²) >= 11 is 0. The normalized spacial score (nSPS) is 13.0. The summed E-state index contributed by atoms with van der Waals surface area (Å²) in [4.78, 5) is 2.47. The van der Waals surface area contributed by atoms with Crippen LogP contribution in [0.2, 0.25) is 0 Å². The Morgan fingerprint density at radius 1 is 0.724 bits per heavy atom. The summed E-state index contributed by atoms with van der Waals surface area (Å²) < 4.78 is 0. The predicted molar refractivity (Wildman–Crippen MR) is 124 cm³/mol. The van der Waals surface area contributed by atoms with Crippen molar-refractivity contribution in [2.24, 2.45) is 0 Å². The summed E-state index contributed by atoms with van der Waals surface area (Å²) in [5, 5.41) is 0. The van der Waals surface area contributed by atoms with E-state index in [2.05, 4.69) is 96.9 Å². The lowest BCUT2D eigenvalue weighted by atomic mass is 9.93. The van der Waals surface area contributed by atoms with E-state index in [0.717, 1.165) is 38.8 Å².